The molecule has 1 aromatic carbocycles. The molecule has 0 bridgehead atoms. The smallest absolute Gasteiger partial charge is 0.310 e. The number of rotatable bonds is 4. The number of carbonyl (C=O) groups is 1. The number of hydrogen-bond donors (Lipinski definition) is 2. The Morgan fingerprint density at radius 3 is 2.72 bits per heavy atom. The molecule has 1 aromatic rings. The minimum Gasteiger partial charge on any atom is -0.481 e. The maximum absolute atomic E-state index is 10.9. The lowest BCUT2D eigenvalue weighted by atomic mass is 9.94. The van der Waals surface area contributed by atoms with Crippen molar-refractivity contribution < 1.29 is 19.1 Å². The molecule has 1 aliphatic carbocycles. The topological polar surface area (TPSA) is 57.5 Å². The normalized spacial score (nSPS) is 34.3. The minimum absolute atomic E-state index is 0.186. The molecule has 0 saturated heterocycles. The van der Waals surface area contributed by atoms with E-state index in [1.165, 1.54) is 0 Å². The van der Waals surface area contributed by atoms with Gasteiger partial charge in [-0.25, -0.2) is 0 Å². The highest BCUT2D eigenvalue weighted by atomic mass is 16.4. The highest BCUT2D eigenvalue weighted by molar-refractivity contribution is 5.75. The lowest BCUT2D eigenvalue weighted by Crippen LogP contribution is -2.15. The van der Waals surface area contributed by atoms with Gasteiger partial charge in [0.1, 0.15) is 0 Å². The molecule has 0 heterocycles. The Hall–Kier alpha value is -1.35. The monoisotopic (exact) mass is 251 g/mol. The zero-order valence-corrected chi connectivity index (χ0v) is 10.4. The van der Waals surface area contributed by atoms with Crippen LogP contribution in [0.3, 0.4) is 0 Å². The van der Waals surface area contributed by atoms with Crippen molar-refractivity contribution in [3.05, 3.63) is 35.4 Å². The van der Waals surface area contributed by atoms with Crippen molar-refractivity contribution in [1.29, 1.82) is 0 Å². The number of aliphatic hydroxyl groups is 1. The Balaban J connectivity index is 2.12. The van der Waals surface area contributed by atoms with Gasteiger partial charge in [-0.2, -0.15) is 0 Å². The third kappa shape index (κ3) is 2.91. The van der Waals surface area contributed by atoms with Gasteiger partial charge in [0.05, 0.1) is 12.0 Å². The summed E-state index contributed by atoms with van der Waals surface area (Å²) < 4.78 is 23.7. The lowest BCUT2D eigenvalue weighted by Gasteiger charge is -2.15. The summed E-state index contributed by atoms with van der Waals surface area (Å²) in [5.41, 5.74) is 1.50. The molecule has 3 atom stereocenters. The molecule has 0 aromatic heterocycles. The summed E-state index contributed by atoms with van der Waals surface area (Å²) in [4.78, 5) is 10.9. The van der Waals surface area contributed by atoms with Crippen LogP contribution in [0, 0.1) is 5.89 Å². The van der Waals surface area contributed by atoms with Crippen LogP contribution in [0.5, 0.6) is 0 Å². The molecule has 2 N–H and O–H groups in total. The molecule has 3 nitrogen and oxygen atoms in total. The highest BCUT2D eigenvalue weighted by Gasteiger charge is 2.25. The largest absolute Gasteiger partial charge is 0.481 e. The van der Waals surface area contributed by atoms with E-state index in [2.05, 4.69) is 0 Å². The van der Waals surface area contributed by atoms with Crippen molar-refractivity contribution in [1.82, 2.24) is 0 Å². The van der Waals surface area contributed by atoms with Crippen molar-refractivity contribution in [2.45, 2.75) is 44.6 Å². The van der Waals surface area contributed by atoms with Gasteiger partial charge in [-0.3, -0.25) is 4.79 Å². The maximum Gasteiger partial charge on any atom is 0.310 e. The van der Waals surface area contributed by atoms with Crippen LogP contribution in [0.4, 0.5) is 0 Å². The molecule has 18 heavy (non-hydrogen) atoms. The number of hydrogen-bond acceptors (Lipinski definition) is 2. The van der Waals surface area contributed by atoms with Gasteiger partial charge in [-0.05, 0) is 43.2 Å². The minimum atomic E-state index is -1.71. The van der Waals surface area contributed by atoms with E-state index in [0.717, 1.165) is 5.56 Å². The molecule has 1 unspecified atom stereocenters. The molecule has 98 valence electrons. The maximum atomic E-state index is 10.9. The Morgan fingerprint density at radius 2 is 2.22 bits per heavy atom. The summed E-state index contributed by atoms with van der Waals surface area (Å²) in [5, 5.41) is 19.0. The van der Waals surface area contributed by atoms with Crippen LogP contribution in [0.25, 0.3) is 0 Å². The van der Waals surface area contributed by atoms with Gasteiger partial charge in [0.2, 0.25) is 0 Å². The summed E-state index contributed by atoms with van der Waals surface area (Å²) >= 11 is 0. The Morgan fingerprint density at radius 1 is 1.56 bits per heavy atom. The third-order valence-electron chi connectivity index (χ3n) is 3.45. The molecular formula is C15H20O3. The molecule has 2 rings (SSSR count). The van der Waals surface area contributed by atoms with E-state index in [4.69, 9.17) is 9.22 Å². The summed E-state index contributed by atoms with van der Waals surface area (Å²) in [6.45, 7) is 1.61. The number of aliphatic hydroxyl groups excluding tert-OH is 1. The van der Waals surface area contributed by atoms with Crippen LogP contribution >= 0.6 is 0 Å². The zero-order chi connectivity index (χ0) is 15.8. The standard InChI is InChI=1S/C15H20O3/c1-10(15(17)18)12-7-5-11(6-8-12)9-13-3-2-4-14(13)16/h5-8,10,13-14,16H,2-4,9H2,1H3,(H,17,18)/t10?,13-,14+/m1/s1/i4D2,13D. The van der Waals surface area contributed by atoms with Gasteiger partial charge in [0, 0.05) is 4.11 Å². The first kappa shape index (κ1) is 9.56. The molecular weight excluding hydrogens is 228 g/mol. The van der Waals surface area contributed by atoms with E-state index in [0.29, 0.717) is 12.0 Å². The van der Waals surface area contributed by atoms with Crippen LogP contribution in [0.15, 0.2) is 24.3 Å². The van der Waals surface area contributed by atoms with Gasteiger partial charge in [0.15, 0.2) is 0 Å². The first-order chi connectivity index (χ1) is 9.66. The SMILES string of the molecule is [2H]C1([2H])CC[C@]([2H])(Cc2ccc(C(C)C(=O)O)cc2)[C@H]1O. The Labute approximate surface area is 112 Å². The molecule has 0 spiro atoms. The molecule has 0 radical (unpaired) electrons. The zero-order valence-electron chi connectivity index (χ0n) is 13.4. The van der Waals surface area contributed by atoms with Crippen LogP contribution in [0.2, 0.25) is 0 Å². The fraction of sp³-hybridized carbons (Fsp3) is 0.533. The molecule has 1 saturated carbocycles. The summed E-state index contributed by atoms with van der Waals surface area (Å²) in [6, 6.07) is 6.94. The quantitative estimate of drug-likeness (QED) is 0.864. The van der Waals surface area contributed by atoms with Crippen LogP contribution < -0.4 is 0 Å². The van der Waals surface area contributed by atoms with E-state index in [-0.39, 0.29) is 12.8 Å². The van der Waals surface area contributed by atoms with E-state index >= 15 is 0 Å². The second-order valence-corrected chi connectivity index (χ2v) is 4.74. The van der Waals surface area contributed by atoms with Crippen molar-refractivity contribution in [3.63, 3.8) is 0 Å². The van der Waals surface area contributed by atoms with Crippen LogP contribution in [0.1, 0.15) is 47.3 Å². The number of carboxylic acids is 1. The number of carboxylic acid groups (broad SMARTS) is 1. The highest BCUT2D eigenvalue weighted by Crippen LogP contribution is 2.29. The molecule has 0 amide bonds. The van der Waals surface area contributed by atoms with Gasteiger partial charge >= 0.3 is 5.97 Å². The van der Waals surface area contributed by atoms with Crippen molar-refractivity contribution in [2.24, 2.45) is 5.89 Å². The van der Waals surface area contributed by atoms with Crippen molar-refractivity contribution >= 4 is 5.97 Å². The predicted molar refractivity (Wildman–Crippen MR) is 69.5 cm³/mol. The van der Waals surface area contributed by atoms with Crippen molar-refractivity contribution in [3.8, 4) is 0 Å². The first-order valence-electron chi connectivity index (χ1n) is 7.65. The van der Waals surface area contributed by atoms with Crippen LogP contribution in [-0.4, -0.2) is 22.3 Å². The Bertz CT molecular complexity index is 529. The fourth-order valence-corrected chi connectivity index (χ4v) is 2.16. The number of aliphatic carboxylic acids is 1. The van der Waals surface area contributed by atoms with E-state index in [1.807, 2.05) is 0 Å². The number of benzene rings is 1. The Kier molecular flexibility index (Phi) is 2.94. The van der Waals surface area contributed by atoms with E-state index < -0.39 is 30.3 Å². The van der Waals surface area contributed by atoms with Gasteiger partial charge in [-0.15, -0.1) is 0 Å². The summed E-state index contributed by atoms with van der Waals surface area (Å²) in [6.07, 6.45) is -2.25. The van der Waals surface area contributed by atoms with Crippen molar-refractivity contribution in [2.75, 3.05) is 0 Å². The fourth-order valence-electron chi connectivity index (χ4n) is 2.16. The summed E-state index contributed by atoms with van der Waals surface area (Å²) in [7, 11) is 0. The van der Waals surface area contributed by atoms with Crippen LogP contribution in [-0.2, 0) is 11.2 Å². The third-order valence-corrected chi connectivity index (χ3v) is 3.45. The summed E-state index contributed by atoms with van der Waals surface area (Å²) in [5.74, 6) is -2.70. The second-order valence-electron chi connectivity index (χ2n) is 4.74. The molecule has 1 aliphatic rings. The first-order valence-corrected chi connectivity index (χ1v) is 6.15. The van der Waals surface area contributed by atoms with Gasteiger partial charge < -0.3 is 10.2 Å². The van der Waals surface area contributed by atoms with Gasteiger partial charge in [0.25, 0.3) is 0 Å². The second kappa shape index (κ2) is 5.53. The predicted octanol–water partition coefficient (Wildman–Crippen LogP) is 2.58. The van der Waals surface area contributed by atoms with E-state index in [9.17, 15) is 9.90 Å². The van der Waals surface area contributed by atoms with E-state index in [1.54, 1.807) is 31.2 Å². The average Bonchev–Trinajstić information content (AvgIpc) is 2.63. The molecule has 3 heteroatoms. The molecule has 0 aliphatic heterocycles. The lowest BCUT2D eigenvalue weighted by molar-refractivity contribution is -0.138. The molecule has 1 fully saturated rings. The van der Waals surface area contributed by atoms with Gasteiger partial charge in [-0.1, -0.05) is 30.7 Å². The average molecular weight is 251 g/mol.